The average molecular weight is 340 g/mol. The van der Waals surface area contributed by atoms with E-state index in [1.165, 1.54) is 31.2 Å². The highest BCUT2D eigenvalue weighted by molar-refractivity contribution is 9.10. The summed E-state index contributed by atoms with van der Waals surface area (Å²) in [6.07, 6.45) is 8.44. The maximum absolute atomic E-state index is 6.65. The smallest absolute Gasteiger partial charge is 0.119 e. The van der Waals surface area contributed by atoms with Gasteiger partial charge in [-0.25, -0.2) is 0 Å². The van der Waals surface area contributed by atoms with Crippen LogP contribution in [0.25, 0.3) is 0 Å². The Bertz CT molecular complexity index is 439. The van der Waals surface area contributed by atoms with Crippen molar-refractivity contribution in [1.82, 2.24) is 0 Å². The Morgan fingerprint density at radius 1 is 1.35 bits per heavy atom. The molecule has 2 rings (SSSR count). The number of ether oxygens (including phenoxy) is 1. The monoisotopic (exact) mass is 339 g/mol. The normalized spacial score (nSPS) is 26.5. The van der Waals surface area contributed by atoms with Gasteiger partial charge in [-0.1, -0.05) is 35.7 Å². The molecule has 2 nitrogen and oxygen atoms in total. The molecule has 0 amide bonds. The van der Waals surface area contributed by atoms with Gasteiger partial charge in [-0.3, -0.25) is 0 Å². The number of rotatable bonds is 5. The van der Waals surface area contributed by atoms with Crippen LogP contribution in [0, 0.1) is 5.92 Å². The van der Waals surface area contributed by atoms with Crippen LogP contribution in [0.15, 0.2) is 22.7 Å². The van der Waals surface area contributed by atoms with Crippen LogP contribution >= 0.6 is 15.9 Å². The Labute approximate surface area is 131 Å². The van der Waals surface area contributed by atoms with E-state index in [4.69, 9.17) is 10.5 Å². The van der Waals surface area contributed by atoms with Crippen molar-refractivity contribution in [2.75, 3.05) is 7.11 Å². The number of nitrogens with two attached hydrogens (primary N) is 1. The maximum atomic E-state index is 6.65. The Kier molecular flexibility index (Phi) is 5.50. The summed E-state index contributed by atoms with van der Waals surface area (Å²) in [5.41, 5.74) is 7.87. The molecule has 0 unspecified atom stereocenters. The molecule has 0 bridgehead atoms. The zero-order chi connectivity index (χ0) is 14.6. The molecule has 3 heteroatoms. The van der Waals surface area contributed by atoms with Crippen LogP contribution in [0.1, 0.15) is 51.0 Å². The van der Waals surface area contributed by atoms with E-state index >= 15 is 0 Å². The predicted octanol–water partition coefficient (Wildman–Crippen LogP) is 4.69. The van der Waals surface area contributed by atoms with Gasteiger partial charge >= 0.3 is 0 Å². The van der Waals surface area contributed by atoms with Crippen LogP contribution in [0.5, 0.6) is 5.75 Å². The van der Waals surface area contributed by atoms with Gasteiger partial charge in [0.25, 0.3) is 0 Å². The Balaban J connectivity index is 2.02. The molecule has 0 atom stereocenters. The number of halogens is 1. The van der Waals surface area contributed by atoms with Crippen LogP contribution in [-0.4, -0.2) is 12.6 Å². The van der Waals surface area contributed by atoms with Gasteiger partial charge in [-0.15, -0.1) is 0 Å². The van der Waals surface area contributed by atoms with Crippen LogP contribution in [0.3, 0.4) is 0 Å². The fourth-order valence-corrected chi connectivity index (χ4v) is 3.71. The summed E-state index contributed by atoms with van der Waals surface area (Å²) in [6.45, 7) is 2.28. The first-order chi connectivity index (χ1) is 9.56. The summed E-state index contributed by atoms with van der Waals surface area (Å²) in [7, 11) is 1.71. The fourth-order valence-electron chi connectivity index (χ4n) is 3.32. The molecule has 1 saturated carbocycles. The molecule has 1 aromatic carbocycles. The summed E-state index contributed by atoms with van der Waals surface area (Å²) in [6, 6.07) is 6.14. The Hall–Kier alpha value is -0.540. The first-order valence-corrected chi connectivity index (χ1v) is 8.47. The molecule has 1 aliphatic carbocycles. The van der Waals surface area contributed by atoms with Gasteiger partial charge < -0.3 is 10.5 Å². The predicted molar refractivity (Wildman–Crippen MR) is 88.2 cm³/mol. The van der Waals surface area contributed by atoms with E-state index in [-0.39, 0.29) is 5.54 Å². The summed E-state index contributed by atoms with van der Waals surface area (Å²) < 4.78 is 6.46. The zero-order valence-corrected chi connectivity index (χ0v) is 14.2. The Morgan fingerprint density at radius 3 is 2.65 bits per heavy atom. The van der Waals surface area contributed by atoms with Crippen LogP contribution in [-0.2, 0) is 6.42 Å². The van der Waals surface area contributed by atoms with Crippen molar-refractivity contribution in [2.24, 2.45) is 11.7 Å². The maximum Gasteiger partial charge on any atom is 0.119 e. The molecular weight excluding hydrogens is 314 g/mol. The molecule has 1 fully saturated rings. The number of hydrogen-bond donors (Lipinski definition) is 1. The molecule has 1 aromatic rings. The topological polar surface area (TPSA) is 35.2 Å². The van der Waals surface area contributed by atoms with E-state index in [0.717, 1.165) is 35.4 Å². The van der Waals surface area contributed by atoms with Crippen LogP contribution in [0.4, 0.5) is 0 Å². The van der Waals surface area contributed by atoms with E-state index in [2.05, 4.69) is 35.0 Å². The molecule has 0 spiro atoms. The third-order valence-electron chi connectivity index (χ3n) is 4.59. The van der Waals surface area contributed by atoms with E-state index in [9.17, 15) is 0 Å². The molecule has 0 aliphatic heterocycles. The number of hydrogen-bond acceptors (Lipinski definition) is 2. The van der Waals surface area contributed by atoms with Gasteiger partial charge in [0, 0.05) is 10.0 Å². The van der Waals surface area contributed by atoms with Crippen LogP contribution in [0.2, 0.25) is 0 Å². The third kappa shape index (κ3) is 3.98. The largest absolute Gasteiger partial charge is 0.497 e. The van der Waals surface area contributed by atoms with E-state index < -0.39 is 0 Å². The second-order valence-electron chi connectivity index (χ2n) is 6.23. The first-order valence-electron chi connectivity index (χ1n) is 7.67. The van der Waals surface area contributed by atoms with E-state index in [0.29, 0.717) is 0 Å². The number of methoxy groups -OCH3 is 1. The minimum Gasteiger partial charge on any atom is -0.497 e. The summed E-state index contributed by atoms with van der Waals surface area (Å²) in [4.78, 5) is 0. The molecule has 20 heavy (non-hydrogen) atoms. The standard InChI is InChI=1S/C17H26BrNO/c1-3-4-13-7-9-17(19,10-8-13)12-14-11-15(20-2)5-6-16(14)18/h5-6,11,13H,3-4,7-10,12,19H2,1-2H3. The average Bonchev–Trinajstić information content (AvgIpc) is 2.44. The van der Waals surface area contributed by atoms with Gasteiger partial charge in [-0.2, -0.15) is 0 Å². The minimum atomic E-state index is -0.0425. The molecule has 0 heterocycles. The lowest BCUT2D eigenvalue weighted by Gasteiger charge is -2.37. The van der Waals surface area contributed by atoms with Gasteiger partial charge in [0.1, 0.15) is 5.75 Å². The van der Waals surface area contributed by atoms with E-state index in [1.807, 2.05) is 6.07 Å². The summed E-state index contributed by atoms with van der Waals surface area (Å²) in [5.74, 6) is 1.80. The molecule has 0 saturated heterocycles. The van der Waals surface area contributed by atoms with Crippen molar-refractivity contribution < 1.29 is 4.74 Å². The zero-order valence-electron chi connectivity index (χ0n) is 12.6. The molecule has 2 N–H and O–H groups in total. The molecule has 1 aliphatic rings. The van der Waals surface area contributed by atoms with Gasteiger partial charge in [0.2, 0.25) is 0 Å². The van der Waals surface area contributed by atoms with Crippen molar-refractivity contribution >= 4 is 15.9 Å². The first kappa shape index (κ1) is 15.8. The van der Waals surface area contributed by atoms with Gasteiger partial charge in [0.15, 0.2) is 0 Å². The second-order valence-corrected chi connectivity index (χ2v) is 7.08. The lowest BCUT2D eigenvalue weighted by atomic mass is 9.73. The van der Waals surface area contributed by atoms with E-state index in [1.54, 1.807) is 7.11 Å². The molecule has 0 aromatic heterocycles. The lowest BCUT2D eigenvalue weighted by molar-refractivity contribution is 0.223. The van der Waals surface area contributed by atoms with Gasteiger partial charge in [0.05, 0.1) is 7.11 Å². The van der Waals surface area contributed by atoms with Crippen molar-refractivity contribution in [2.45, 2.75) is 57.4 Å². The third-order valence-corrected chi connectivity index (χ3v) is 5.37. The molecular formula is C17H26BrNO. The SMILES string of the molecule is CCCC1CCC(N)(Cc2cc(OC)ccc2Br)CC1. The highest BCUT2D eigenvalue weighted by Crippen LogP contribution is 2.36. The van der Waals surface area contributed by atoms with Gasteiger partial charge in [-0.05, 0) is 61.8 Å². The minimum absolute atomic E-state index is 0.0425. The Morgan fingerprint density at radius 2 is 2.05 bits per heavy atom. The quantitative estimate of drug-likeness (QED) is 0.844. The number of benzene rings is 1. The van der Waals surface area contributed by atoms with Crippen molar-refractivity contribution in [1.29, 1.82) is 0 Å². The summed E-state index contributed by atoms with van der Waals surface area (Å²) >= 11 is 3.64. The lowest BCUT2D eigenvalue weighted by Crippen LogP contribution is -2.45. The van der Waals surface area contributed by atoms with Crippen LogP contribution < -0.4 is 10.5 Å². The second kappa shape index (κ2) is 6.95. The fraction of sp³-hybridized carbons (Fsp3) is 0.647. The van der Waals surface area contributed by atoms with Crippen molar-refractivity contribution in [3.05, 3.63) is 28.2 Å². The van der Waals surface area contributed by atoms with Crippen molar-refractivity contribution in [3.8, 4) is 5.75 Å². The van der Waals surface area contributed by atoms with Crippen molar-refractivity contribution in [3.63, 3.8) is 0 Å². The molecule has 112 valence electrons. The molecule has 0 radical (unpaired) electrons. The highest BCUT2D eigenvalue weighted by atomic mass is 79.9. The highest BCUT2D eigenvalue weighted by Gasteiger charge is 2.32. The summed E-state index contributed by atoms with van der Waals surface area (Å²) in [5, 5.41) is 0.